The Bertz CT molecular complexity index is 372. The number of aromatic nitrogens is 2. The molecule has 0 spiro atoms. The molecule has 0 aliphatic carbocycles. The van der Waals surface area contributed by atoms with Crippen LogP contribution in [0.25, 0.3) is 0 Å². The Kier molecular flexibility index (Phi) is 3.61. The van der Waals surface area contributed by atoms with E-state index in [2.05, 4.69) is 22.2 Å². The van der Waals surface area contributed by atoms with Crippen molar-refractivity contribution in [2.24, 2.45) is 0 Å². The van der Waals surface area contributed by atoms with E-state index in [1.165, 1.54) is 0 Å². The van der Waals surface area contributed by atoms with Gasteiger partial charge in [-0.1, -0.05) is 18.5 Å². The molecule has 2 unspecified atom stereocenters. The molecule has 0 saturated carbocycles. The number of nitrogens with zero attached hydrogens (tertiary/aromatic N) is 2. The van der Waals surface area contributed by atoms with Crippen LogP contribution in [0.2, 0.25) is 5.02 Å². The van der Waals surface area contributed by atoms with Crippen LogP contribution in [-0.4, -0.2) is 28.7 Å². The van der Waals surface area contributed by atoms with Crippen molar-refractivity contribution in [1.82, 2.24) is 9.97 Å². The van der Waals surface area contributed by atoms with Gasteiger partial charge in [0.1, 0.15) is 17.2 Å². The van der Waals surface area contributed by atoms with Crippen LogP contribution in [0.5, 0.6) is 0 Å². The quantitative estimate of drug-likeness (QED) is 0.882. The molecule has 1 fully saturated rings. The first-order valence-corrected chi connectivity index (χ1v) is 5.96. The average Bonchev–Trinajstić information content (AvgIpc) is 2.67. The maximum absolute atomic E-state index is 6.20. The second-order valence-electron chi connectivity index (χ2n) is 4.06. The number of halogens is 1. The SMILES string of the molecule is CCc1ncnc(NC2COC(C)C2)c1Cl. The zero-order valence-corrected chi connectivity index (χ0v) is 10.3. The molecule has 2 atom stereocenters. The van der Waals surface area contributed by atoms with Gasteiger partial charge in [-0.05, 0) is 19.8 Å². The molecule has 1 aromatic rings. The molecule has 0 radical (unpaired) electrons. The molecule has 2 heterocycles. The Hall–Kier alpha value is -0.870. The number of ether oxygens (including phenoxy) is 1. The van der Waals surface area contributed by atoms with Gasteiger partial charge in [-0.15, -0.1) is 0 Å². The summed E-state index contributed by atoms with van der Waals surface area (Å²) in [4.78, 5) is 8.30. The fourth-order valence-corrected chi connectivity index (χ4v) is 2.15. The number of rotatable bonds is 3. The zero-order chi connectivity index (χ0) is 11.5. The predicted octanol–water partition coefficient (Wildman–Crippen LogP) is 2.28. The molecule has 4 nitrogen and oxygen atoms in total. The molecule has 88 valence electrons. The van der Waals surface area contributed by atoms with E-state index in [9.17, 15) is 0 Å². The number of nitrogens with one attached hydrogen (secondary N) is 1. The highest BCUT2D eigenvalue weighted by Gasteiger charge is 2.23. The minimum Gasteiger partial charge on any atom is -0.376 e. The summed E-state index contributed by atoms with van der Waals surface area (Å²) in [5.41, 5.74) is 0.881. The Morgan fingerprint density at radius 3 is 3.00 bits per heavy atom. The summed E-state index contributed by atoms with van der Waals surface area (Å²) in [6.45, 7) is 4.81. The summed E-state index contributed by atoms with van der Waals surface area (Å²) in [7, 11) is 0. The molecule has 1 aliphatic rings. The van der Waals surface area contributed by atoms with Crippen LogP contribution >= 0.6 is 11.6 Å². The van der Waals surface area contributed by atoms with Crippen LogP contribution in [0.15, 0.2) is 6.33 Å². The lowest BCUT2D eigenvalue weighted by Gasteiger charge is -2.13. The van der Waals surface area contributed by atoms with Crippen LogP contribution in [0.3, 0.4) is 0 Å². The van der Waals surface area contributed by atoms with Gasteiger partial charge in [0, 0.05) is 0 Å². The smallest absolute Gasteiger partial charge is 0.148 e. The second kappa shape index (κ2) is 4.97. The van der Waals surface area contributed by atoms with Gasteiger partial charge < -0.3 is 10.1 Å². The topological polar surface area (TPSA) is 47.0 Å². The third-order valence-corrected chi connectivity index (χ3v) is 3.13. The van der Waals surface area contributed by atoms with Crippen molar-refractivity contribution in [3.63, 3.8) is 0 Å². The Labute approximate surface area is 100 Å². The summed E-state index contributed by atoms with van der Waals surface area (Å²) in [6, 6.07) is 0.298. The van der Waals surface area contributed by atoms with Crippen LogP contribution < -0.4 is 5.32 Å². The Morgan fingerprint density at radius 2 is 2.38 bits per heavy atom. The molecular formula is C11H16ClN3O. The normalized spacial score (nSPS) is 24.7. The van der Waals surface area contributed by atoms with Crippen molar-refractivity contribution in [2.75, 3.05) is 11.9 Å². The highest BCUT2D eigenvalue weighted by molar-refractivity contribution is 6.33. The van der Waals surface area contributed by atoms with E-state index in [-0.39, 0.29) is 0 Å². The van der Waals surface area contributed by atoms with Gasteiger partial charge >= 0.3 is 0 Å². The number of hydrogen-bond donors (Lipinski definition) is 1. The largest absolute Gasteiger partial charge is 0.376 e. The molecule has 16 heavy (non-hydrogen) atoms. The first-order chi connectivity index (χ1) is 7.70. The second-order valence-corrected chi connectivity index (χ2v) is 4.44. The van der Waals surface area contributed by atoms with E-state index in [0.29, 0.717) is 23.8 Å². The van der Waals surface area contributed by atoms with Crippen LogP contribution in [-0.2, 0) is 11.2 Å². The van der Waals surface area contributed by atoms with E-state index in [1.54, 1.807) is 6.33 Å². The molecule has 1 aliphatic heterocycles. The number of hydrogen-bond acceptors (Lipinski definition) is 4. The van der Waals surface area contributed by atoms with Crippen LogP contribution in [0, 0.1) is 0 Å². The lowest BCUT2D eigenvalue weighted by atomic mass is 10.2. The summed E-state index contributed by atoms with van der Waals surface area (Å²) in [5.74, 6) is 0.719. The van der Waals surface area contributed by atoms with Gasteiger partial charge in [0.25, 0.3) is 0 Å². The van der Waals surface area contributed by atoms with E-state index < -0.39 is 0 Å². The first-order valence-electron chi connectivity index (χ1n) is 5.58. The monoisotopic (exact) mass is 241 g/mol. The summed E-state index contributed by atoms with van der Waals surface area (Å²) in [6.07, 6.45) is 3.66. The molecule has 1 saturated heterocycles. The summed E-state index contributed by atoms with van der Waals surface area (Å²) >= 11 is 6.20. The standard InChI is InChI=1S/C11H16ClN3O/c1-3-9-10(12)11(14-6-13-9)15-8-4-7(2)16-5-8/h6-8H,3-5H2,1-2H3,(H,13,14,15). The van der Waals surface area contributed by atoms with Crippen LogP contribution in [0.4, 0.5) is 5.82 Å². The molecule has 0 bridgehead atoms. The first kappa shape index (κ1) is 11.6. The maximum Gasteiger partial charge on any atom is 0.148 e. The van der Waals surface area contributed by atoms with Crippen molar-refractivity contribution >= 4 is 17.4 Å². The molecule has 0 aromatic carbocycles. The van der Waals surface area contributed by atoms with E-state index in [4.69, 9.17) is 16.3 Å². The van der Waals surface area contributed by atoms with Crippen molar-refractivity contribution in [2.45, 2.75) is 38.8 Å². The molecular weight excluding hydrogens is 226 g/mol. The van der Waals surface area contributed by atoms with Gasteiger partial charge in [0.15, 0.2) is 0 Å². The Balaban J connectivity index is 2.09. The van der Waals surface area contributed by atoms with Crippen molar-refractivity contribution < 1.29 is 4.74 Å². The maximum atomic E-state index is 6.20. The lowest BCUT2D eigenvalue weighted by molar-refractivity contribution is 0.124. The third kappa shape index (κ3) is 2.44. The van der Waals surface area contributed by atoms with E-state index in [0.717, 1.165) is 24.4 Å². The highest BCUT2D eigenvalue weighted by Crippen LogP contribution is 2.25. The van der Waals surface area contributed by atoms with E-state index in [1.807, 2.05) is 6.92 Å². The minimum absolute atomic E-state index is 0.298. The molecule has 1 N–H and O–H groups in total. The average molecular weight is 242 g/mol. The molecule has 1 aromatic heterocycles. The summed E-state index contributed by atoms with van der Waals surface area (Å²) in [5, 5.41) is 3.94. The van der Waals surface area contributed by atoms with Crippen LogP contribution in [0.1, 0.15) is 26.0 Å². The zero-order valence-electron chi connectivity index (χ0n) is 9.53. The van der Waals surface area contributed by atoms with Gasteiger partial charge in [-0.3, -0.25) is 0 Å². The molecule has 0 amide bonds. The minimum atomic E-state index is 0.298. The van der Waals surface area contributed by atoms with E-state index >= 15 is 0 Å². The third-order valence-electron chi connectivity index (χ3n) is 2.74. The van der Waals surface area contributed by atoms with Gasteiger partial charge in [0.2, 0.25) is 0 Å². The van der Waals surface area contributed by atoms with Gasteiger partial charge in [0.05, 0.1) is 24.4 Å². The van der Waals surface area contributed by atoms with Crippen molar-refractivity contribution in [1.29, 1.82) is 0 Å². The molecule has 5 heteroatoms. The summed E-state index contributed by atoms with van der Waals surface area (Å²) < 4.78 is 5.49. The van der Waals surface area contributed by atoms with Crippen molar-refractivity contribution in [3.05, 3.63) is 17.0 Å². The van der Waals surface area contributed by atoms with Gasteiger partial charge in [-0.2, -0.15) is 0 Å². The fourth-order valence-electron chi connectivity index (χ4n) is 1.86. The van der Waals surface area contributed by atoms with Gasteiger partial charge in [-0.25, -0.2) is 9.97 Å². The number of anilines is 1. The fraction of sp³-hybridized carbons (Fsp3) is 0.636. The lowest BCUT2D eigenvalue weighted by Crippen LogP contribution is -2.20. The Morgan fingerprint density at radius 1 is 1.56 bits per heavy atom. The number of aryl methyl sites for hydroxylation is 1. The predicted molar refractivity (Wildman–Crippen MR) is 63.9 cm³/mol. The van der Waals surface area contributed by atoms with Crippen molar-refractivity contribution in [3.8, 4) is 0 Å². The molecule has 2 rings (SSSR count). The highest BCUT2D eigenvalue weighted by atomic mass is 35.5.